The van der Waals surface area contributed by atoms with Gasteiger partial charge in [0.05, 0.1) is 20.8 Å². The molecule has 33 heavy (non-hydrogen) atoms. The second-order valence-corrected chi connectivity index (χ2v) is 8.12. The predicted octanol–water partition coefficient (Wildman–Crippen LogP) is 5.75. The second-order valence-electron chi connectivity index (χ2n) is 7.06. The van der Waals surface area contributed by atoms with Gasteiger partial charge in [0.2, 0.25) is 0 Å². The van der Waals surface area contributed by atoms with Crippen LogP contribution in [-0.2, 0) is 19.4 Å². The number of carboxylic acid groups (broad SMARTS) is 1. The van der Waals surface area contributed by atoms with E-state index in [-0.39, 0.29) is 18.8 Å². The van der Waals surface area contributed by atoms with E-state index >= 15 is 0 Å². The van der Waals surface area contributed by atoms with E-state index in [2.05, 4.69) is 4.98 Å². The van der Waals surface area contributed by atoms with Gasteiger partial charge < -0.3 is 20.3 Å². The van der Waals surface area contributed by atoms with Crippen molar-refractivity contribution in [2.45, 2.75) is 19.4 Å². The zero-order chi connectivity index (χ0) is 23.6. The molecule has 0 atom stereocenters. The van der Waals surface area contributed by atoms with Gasteiger partial charge in [0.15, 0.2) is 0 Å². The third-order valence-electron chi connectivity index (χ3n) is 4.81. The smallest absolute Gasteiger partial charge is 0.416 e. The molecule has 170 valence electrons. The highest BCUT2D eigenvalue weighted by Gasteiger charge is 2.30. The monoisotopic (exact) mass is 474 g/mol. The maximum atomic E-state index is 12.9. The highest BCUT2D eigenvalue weighted by molar-refractivity contribution is 7.23. The van der Waals surface area contributed by atoms with Gasteiger partial charge in [-0.1, -0.05) is 18.2 Å². The number of rotatable bonds is 7. The Morgan fingerprint density at radius 3 is 2.42 bits per heavy atom. The number of hydrogen-bond donors (Lipinski definition) is 2. The minimum absolute atomic E-state index is 0.0425. The Kier molecular flexibility index (Phi) is 6.10. The normalized spacial score (nSPS) is 11.5. The number of aromatic carboxylic acids is 1. The van der Waals surface area contributed by atoms with Crippen molar-refractivity contribution in [2.75, 3.05) is 5.73 Å². The molecule has 0 fully saturated rings. The zero-order valence-corrected chi connectivity index (χ0v) is 17.7. The SMILES string of the molecule is Nc1sc2c(C(=O)O)cncc2c1COc1cccc(OCc2cccc(C(F)(F)F)c2)c1. The average Bonchev–Trinajstić information content (AvgIpc) is 3.11. The lowest BCUT2D eigenvalue weighted by Gasteiger charge is -2.11. The van der Waals surface area contributed by atoms with Crippen LogP contribution in [0.3, 0.4) is 0 Å². The Morgan fingerprint density at radius 2 is 1.73 bits per heavy atom. The van der Waals surface area contributed by atoms with Gasteiger partial charge in [0.1, 0.15) is 24.7 Å². The van der Waals surface area contributed by atoms with Crippen molar-refractivity contribution in [3.8, 4) is 11.5 Å². The molecule has 6 nitrogen and oxygen atoms in total. The maximum absolute atomic E-state index is 12.9. The van der Waals surface area contributed by atoms with E-state index in [0.717, 1.165) is 23.5 Å². The van der Waals surface area contributed by atoms with Crippen LogP contribution in [0.4, 0.5) is 18.2 Å². The van der Waals surface area contributed by atoms with E-state index in [4.69, 9.17) is 15.2 Å². The molecule has 0 amide bonds. The first-order chi connectivity index (χ1) is 15.7. The van der Waals surface area contributed by atoms with Gasteiger partial charge in [-0.2, -0.15) is 13.2 Å². The summed E-state index contributed by atoms with van der Waals surface area (Å²) in [6.45, 7) is 0.0345. The molecule has 0 aliphatic carbocycles. The molecule has 2 aromatic carbocycles. The summed E-state index contributed by atoms with van der Waals surface area (Å²) in [6, 6.07) is 11.6. The topological polar surface area (TPSA) is 94.7 Å². The minimum Gasteiger partial charge on any atom is -0.489 e. The molecule has 2 heterocycles. The number of benzene rings is 2. The molecule has 0 saturated heterocycles. The molecule has 10 heteroatoms. The standard InChI is InChI=1S/C23H17F3N2O4S/c24-23(25,26)14-4-1-3-13(7-14)11-31-15-5-2-6-16(8-15)32-12-19-17-9-28-10-18(22(29)30)20(17)33-21(19)27/h1-10H,11-12,27H2,(H,29,30). The second kappa shape index (κ2) is 8.99. The number of carboxylic acids is 1. The van der Waals surface area contributed by atoms with Gasteiger partial charge in [-0.15, -0.1) is 11.3 Å². The van der Waals surface area contributed by atoms with Crippen LogP contribution in [0.15, 0.2) is 60.9 Å². The molecule has 0 aliphatic heterocycles. The number of fused-ring (bicyclic) bond motifs is 1. The van der Waals surface area contributed by atoms with Crippen LogP contribution >= 0.6 is 11.3 Å². The number of nitrogens with two attached hydrogens (primary N) is 1. The molecule has 2 aromatic heterocycles. The molecule has 0 saturated carbocycles. The summed E-state index contributed by atoms with van der Waals surface area (Å²) in [5, 5.41) is 10.4. The summed E-state index contributed by atoms with van der Waals surface area (Å²) in [5.74, 6) is -0.215. The number of pyridine rings is 1. The fourth-order valence-corrected chi connectivity index (χ4v) is 4.24. The summed E-state index contributed by atoms with van der Waals surface area (Å²) >= 11 is 1.15. The maximum Gasteiger partial charge on any atom is 0.416 e. The van der Waals surface area contributed by atoms with Crippen LogP contribution < -0.4 is 15.2 Å². The first-order valence-corrected chi connectivity index (χ1v) is 10.4. The summed E-state index contributed by atoms with van der Waals surface area (Å²) < 4.78 is 50.6. The molecular weight excluding hydrogens is 457 g/mol. The lowest BCUT2D eigenvalue weighted by Crippen LogP contribution is -2.06. The van der Waals surface area contributed by atoms with E-state index < -0.39 is 17.7 Å². The number of hydrogen-bond acceptors (Lipinski definition) is 6. The first-order valence-electron chi connectivity index (χ1n) is 9.62. The number of nitrogens with zero attached hydrogens (tertiary/aromatic N) is 1. The average molecular weight is 474 g/mol. The van der Waals surface area contributed by atoms with Crippen molar-refractivity contribution < 1.29 is 32.5 Å². The largest absolute Gasteiger partial charge is 0.489 e. The van der Waals surface area contributed by atoms with Crippen LogP contribution in [0.2, 0.25) is 0 Å². The molecule has 4 aromatic rings. The molecule has 0 unspecified atom stereocenters. The van der Waals surface area contributed by atoms with E-state index in [1.807, 2.05) is 0 Å². The van der Waals surface area contributed by atoms with E-state index in [1.165, 1.54) is 12.3 Å². The number of aromatic nitrogens is 1. The van der Waals surface area contributed by atoms with Gasteiger partial charge in [-0.05, 0) is 29.8 Å². The van der Waals surface area contributed by atoms with Gasteiger partial charge in [0.25, 0.3) is 0 Å². The summed E-state index contributed by atoms with van der Waals surface area (Å²) in [4.78, 5) is 15.4. The molecule has 0 radical (unpaired) electrons. The van der Waals surface area contributed by atoms with Gasteiger partial charge in [-0.25, -0.2) is 4.79 Å². The Labute approximate surface area is 190 Å². The quantitative estimate of drug-likeness (QED) is 0.354. The van der Waals surface area contributed by atoms with E-state index in [1.54, 1.807) is 36.5 Å². The minimum atomic E-state index is -4.42. The molecule has 0 aliphatic rings. The number of anilines is 1. The third kappa shape index (κ3) is 5.01. The van der Waals surface area contributed by atoms with Gasteiger partial charge in [0, 0.05) is 29.4 Å². The lowest BCUT2D eigenvalue weighted by atomic mass is 10.1. The number of nitrogen functional groups attached to an aromatic ring is 1. The number of thiophene rings is 1. The highest BCUT2D eigenvalue weighted by atomic mass is 32.1. The van der Waals surface area contributed by atoms with Crippen molar-refractivity contribution in [2.24, 2.45) is 0 Å². The Bertz CT molecular complexity index is 1320. The summed E-state index contributed by atoms with van der Waals surface area (Å²) in [7, 11) is 0. The molecule has 0 bridgehead atoms. The fourth-order valence-electron chi connectivity index (χ4n) is 3.19. The van der Waals surface area contributed by atoms with Gasteiger partial charge in [-0.3, -0.25) is 4.98 Å². The number of alkyl halides is 3. The molecular formula is C23H17F3N2O4S. The molecule has 4 rings (SSSR count). The predicted molar refractivity (Wildman–Crippen MR) is 118 cm³/mol. The number of ether oxygens (including phenoxy) is 2. The van der Waals surface area contributed by atoms with Crippen LogP contribution in [0.25, 0.3) is 10.1 Å². The lowest BCUT2D eigenvalue weighted by molar-refractivity contribution is -0.137. The first kappa shape index (κ1) is 22.4. The van der Waals surface area contributed by atoms with Crippen molar-refractivity contribution in [1.82, 2.24) is 4.98 Å². The zero-order valence-electron chi connectivity index (χ0n) is 16.9. The third-order valence-corrected chi connectivity index (χ3v) is 5.92. The highest BCUT2D eigenvalue weighted by Crippen LogP contribution is 2.36. The van der Waals surface area contributed by atoms with Crippen LogP contribution in [0.1, 0.15) is 27.0 Å². The molecule has 0 spiro atoms. The van der Waals surface area contributed by atoms with Crippen molar-refractivity contribution in [3.63, 3.8) is 0 Å². The number of carbonyl (C=O) groups is 1. The molecule has 3 N–H and O–H groups in total. The van der Waals surface area contributed by atoms with E-state index in [9.17, 15) is 23.1 Å². The summed E-state index contributed by atoms with van der Waals surface area (Å²) in [5.41, 5.74) is 6.43. The van der Waals surface area contributed by atoms with Crippen molar-refractivity contribution >= 4 is 32.4 Å². The van der Waals surface area contributed by atoms with E-state index in [0.29, 0.717) is 37.7 Å². The fraction of sp³-hybridized carbons (Fsp3) is 0.130. The Hall–Kier alpha value is -3.79. The van der Waals surface area contributed by atoms with Crippen LogP contribution in [0, 0.1) is 0 Å². The van der Waals surface area contributed by atoms with Crippen LogP contribution in [0.5, 0.6) is 11.5 Å². The van der Waals surface area contributed by atoms with Crippen molar-refractivity contribution in [3.05, 3.63) is 83.2 Å². The van der Waals surface area contributed by atoms with Crippen molar-refractivity contribution in [1.29, 1.82) is 0 Å². The van der Waals surface area contributed by atoms with Crippen LogP contribution in [-0.4, -0.2) is 16.1 Å². The summed E-state index contributed by atoms with van der Waals surface area (Å²) in [6.07, 6.45) is -1.60. The van der Waals surface area contributed by atoms with Gasteiger partial charge >= 0.3 is 12.1 Å². The Balaban J connectivity index is 1.46. The Morgan fingerprint density at radius 1 is 1.03 bits per heavy atom. The number of halogens is 3.